The molecular weight excluding hydrogens is 270 g/mol. The monoisotopic (exact) mass is 276 g/mol. The first-order valence-electron chi connectivity index (χ1n) is 4.01. The van der Waals surface area contributed by atoms with Crippen molar-refractivity contribution in [2.24, 2.45) is 0 Å². The second-order valence-electron chi connectivity index (χ2n) is 2.72. The number of alkyl halides is 3. The van der Waals surface area contributed by atoms with Crippen molar-refractivity contribution < 1.29 is 13.9 Å². The molecule has 1 N–H and O–H groups in total. The fraction of sp³-hybridized carbons (Fsp3) is 0.333. The summed E-state index contributed by atoms with van der Waals surface area (Å²) in [6.07, 6.45) is -1.56. The predicted octanol–water partition coefficient (Wildman–Crippen LogP) is 2.28. The summed E-state index contributed by atoms with van der Waals surface area (Å²) in [6.45, 7) is -0.564. The van der Waals surface area contributed by atoms with E-state index in [1.165, 1.54) is 6.20 Å². The van der Waals surface area contributed by atoms with Crippen LogP contribution in [0.4, 0.5) is 8.78 Å². The molecule has 0 unspecified atom stereocenters. The Morgan fingerprint density at radius 2 is 2.27 bits per heavy atom. The normalized spacial score (nSPS) is 10.4. The standard InChI is InChI=1S/C9H7BrF2N2O/c10-1-6-5(2-13)3-14-7(4-15)8(6)9(11)12/h3,9,15H,1,4H2. The van der Waals surface area contributed by atoms with Gasteiger partial charge >= 0.3 is 0 Å². The molecule has 15 heavy (non-hydrogen) atoms. The molecule has 0 aliphatic carbocycles. The molecule has 80 valence electrons. The average molecular weight is 277 g/mol. The largest absolute Gasteiger partial charge is 0.390 e. The molecular formula is C9H7BrF2N2O. The molecule has 0 amide bonds. The summed E-state index contributed by atoms with van der Waals surface area (Å²) in [7, 11) is 0. The molecule has 0 aliphatic heterocycles. The molecule has 1 aromatic heterocycles. The average Bonchev–Trinajstić information content (AvgIpc) is 2.26. The fourth-order valence-corrected chi connectivity index (χ4v) is 1.84. The highest BCUT2D eigenvalue weighted by Gasteiger charge is 2.20. The highest BCUT2D eigenvalue weighted by Crippen LogP contribution is 2.29. The quantitative estimate of drug-likeness (QED) is 0.862. The topological polar surface area (TPSA) is 56.9 Å². The number of aromatic nitrogens is 1. The van der Waals surface area contributed by atoms with E-state index in [0.29, 0.717) is 0 Å². The summed E-state index contributed by atoms with van der Waals surface area (Å²) < 4.78 is 25.4. The zero-order chi connectivity index (χ0) is 11.4. The predicted molar refractivity (Wildman–Crippen MR) is 52.5 cm³/mol. The van der Waals surface area contributed by atoms with Crippen LogP contribution in [0, 0.1) is 11.3 Å². The molecule has 0 saturated carbocycles. The highest BCUT2D eigenvalue weighted by atomic mass is 79.9. The Kier molecular flexibility index (Phi) is 4.12. The van der Waals surface area contributed by atoms with Crippen LogP contribution in [0.15, 0.2) is 6.20 Å². The molecule has 0 saturated heterocycles. The zero-order valence-corrected chi connectivity index (χ0v) is 9.13. The molecule has 0 radical (unpaired) electrons. The summed E-state index contributed by atoms with van der Waals surface area (Å²) in [4.78, 5) is 3.62. The van der Waals surface area contributed by atoms with Gasteiger partial charge in [-0.1, -0.05) is 15.9 Å². The van der Waals surface area contributed by atoms with Crippen LogP contribution in [0.1, 0.15) is 28.8 Å². The molecule has 1 aromatic rings. The molecule has 1 rings (SSSR count). The number of halogens is 3. The minimum absolute atomic E-state index is 0.0848. The van der Waals surface area contributed by atoms with Crippen LogP contribution in [0.25, 0.3) is 0 Å². The maximum absolute atomic E-state index is 12.7. The van der Waals surface area contributed by atoms with E-state index in [4.69, 9.17) is 10.4 Å². The van der Waals surface area contributed by atoms with Crippen LogP contribution in [0.5, 0.6) is 0 Å². The van der Waals surface area contributed by atoms with E-state index < -0.39 is 13.0 Å². The lowest BCUT2D eigenvalue weighted by Gasteiger charge is -2.11. The van der Waals surface area contributed by atoms with E-state index in [1.807, 2.05) is 0 Å². The van der Waals surface area contributed by atoms with Crippen LogP contribution in [0.2, 0.25) is 0 Å². The second kappa shape index (κ2) is 5.14. The summed E-state index contributed by atoms with van der Waals surface area (Å²) in [6, 6.07) is 1.79. The lowest BCUT2D eigenvalue weighted by atomic mass is 10.0. The van der Waals surface area contributed by atoms with Gasteiger partial charge in [0.15, 0.2) is 0 Å². The van der Waals surface area contributed by atoms with E-state index in [-0.39, 0.29) is 27.7 Å². The van der Waals surface area contributed by atoms with Crippen molar-refractivity contribution in [3.8, 4) is 6.07 Å². The number of nitriles is 1. The minimum atomic E-state index is -2.75. The van der Waals surface area contributed by atoms with Gasteiger partial charge in [0.05, 0.1) is 17.9 Å². The van der Waals surface area contributed by atoms with Crippen LogP contribution < -0.4 is 0 Å². The van der Waals surface area contributed by atoms with Gasteiger partial charge in [0, 0.05) is 17.1 Å². The fourth-order valence-electron chi connectivity index (χ4n) is 1.23. The first-order chi connectivity index (χ1) is 7.15. The van der Waals surface area contributed by atoms with Crippen molar-refractivity contribution in [3.05, 3.63) is 28.6 Å². The summed E-state index contributed by atoms with van der Waals surface area (Å²) in [5.41, 5.74) is -0.155. The molecule has 0 aromatic carbocycles. The molecule has 0 bridgehead atoms. The SMILES string of the molecule is N#Cc1cnc(CO)c(C(F)F)c1CBr. The van der Waals surface area contributed by atoms with Gasteiger partial charge in [-0.3, -0.25) is 4.98 Å². The van der Waals surface area contributed by atoms with E-state index >= 15 is 0 Å². The van der Waals surface area contributed by atoms with Gasteiger partial charge in [-0.25, -0.2) is 8.78 Å². The van der Waals surface area contributed by atoms with Crippen LogP contribution >= 0.6 is 15.9 Å². The van der Waals surface area contributed by atoms with E-state index in [1.54, 1.807) is 6.07 Å². The van der Waals surface area contributed by atoms with Crippen LogP contribution in [-0.2, 0) is 11.9 Å². The van der Waals surface area contributed by atoms with Crippen LogP contribution in [-0.4, -0.2) is 10.1 Å². The second-order valence-corrected chi connectivity index (χ2v) is 3.28. The summed E-state index contributed by atoms with van der Waals surface area (Å²) in [5.74, 6) is 0. The van der Waals surface area contributed by atoms with Gasteiger partial charge in [-0.15, -0.1) is 0 Å². The number of nitrogens with zero attached hydrogens (tertiary/aromatic N) is 2. The molecule has 0 aliphatic rings. The van der Waals surface area contributed by atoms with Crippen molar-refractivity contribution in [3.63, 3.8) is 0 Å². The molecule has 0 spiro atoms. The van der Waals surface area contributed by atoms with Gasteiger partial charge in [-0.05, 0) is 5.56 Å². The van der Waals surface area contributed by atoms with Crippen molar-refractivity contribution in [1.29, 1.82) is 5.26 Å². The number of aliphatic hydroxyl groups excluding tert-OH is 1. The number of aliphatic hydroxyl groups is 1. The summed E-state index contributed by atoms with van der Waals surface area (Å²) >= 11 is 3.04. The van der Waals surface area contributed by atoms with Gasteiger partial charge in [-0.2, -0.15) is 5.26 Å². The molecule has 0 fully saturated rings. The first kappa shape index (κ1) is 12.0. The van der Waals surface area contributed by atoms with Crippen molar-refractivity contribution in [2.75, 3.05) is 0 Å². The molecule has 0 atom stereocenters. The first-order valence-corrected chi connectivity index (χ1v) is 5.13. The van der Waals surface area contributed by atoms with Gasteiger partial charge < -0.3 is 5.11 Å². The van der Waals surface area contributed by atoms with Gasteiger partial charge in [0.1, 0.15) is 6.07 Å². The third-order valence-corrected chi connectivity index (χ3v) is 2.49. The highest BCUT2D eigenvalue weighted by molar-refractivity contribution is 9.08. The Morgan fingerprint density at radius 1 is 1.60 bits per heavy atom. The number of pyridine rings is 1. The Labute approximate surface area is 93.5 Å². The number of hydrogen-bond donors (Lipinski definition) is 1. The Bertz CT molecular complexity index is 404. The Hall–Kier alpha value is -1.06. The number of rotatable bonds is 3. The van der Waals surface area contributed by atoms with Crippen LogP contribution in [0.3, 0.4) is 0 Å². The smallest absolute Gasteiger partial charge is 0.266 e. The van der Waals surface area contributed by atoms with Gasteiger partial charge in [0.2, 0.25) is 0 Å². The van der Waals surface area contributed by atoms with E-state index in [9.17, 15) is 8.78 Å². The minimum Gasteiger partial charge on any atom is -0.390 e. The summed E-state index contributed by atoms with van der Waals surface area (Å²) in [5, 5.41) is 17.7. The van der Waals surface area contributed by atoms with Crippen molar-refractivity contribution >= 4 is 15.9 Å². The third-order valence-electron chi connectivity index (χ3n) is 1.93. The van der Waals surface area contributed by atoms with Crippen molar-refractivity contribution in [1.82, 2.24) is 4.98 Å². The maximum Gasteiger partial charge on any atom is 0.266 e. The lowest BCUT2D eigenvalue weighted by molar-refractivity contribution is 0.145. The Morgan fingerprint density at radius 3 is 2.67 bits per heavy atom. The van der Waals surface area contributed by atoms with Gasteiger partial charge in [0.25, 0.3) is 6.43 Å². The zero-order valence-electron chi connectivity index (χ0n) is 7.54. The van der Waals surface area contributed by atoms with E-state index in [2.05, 4.69) is 20.9 Å². The third kappa shape index (κ3) is 2.30. The van der Waals surface area contributed by atoms with E-state index in [0.717, 1.165) is 0 Å². The maximum atomic E-state index is 12.7. The lowest BCUT2D eigenvalue weighted by Crippen LogP contribution is -2.05. The van der Waals surface area contributed by atoms with Crippen molar-refractivity contribution in [2.45, 2.75) is 18.4 Å². The Balaban J connectivity index is 3.46. The molecule has 1 heterocycles. The molecule has 3 nitrogen and oxygen atoms in total. The molecule has 6 heteroatoms. The number of hydrogen-bond acceptors (Lipinski definition) is 3.